The molecule has 0 spiro atoms. The van der Waals surface area contributed by atoms with Gasteiger partial charge in [0.25, 0.3) is 0 Å². The van der Waals surface area contributed by atoms with E-state index in [1.54, 1.807) is 0 Å². The second-order valence-corrected chi connectivity index (χ2v) is 4.51. The van der Waals surface area contributed by atoms with Gasteiger partial charge in [0.1, 0.15) is 0 Å². The fourth-order valence-corrected chi connectivity index (χ4v) is 2.27. The third kappa shape index (κ3) is 2.68. The normalized spacial score (nSPS) is 31.2. The molecule has 78 valence electrons. The molecule has 0 aromatic rings. The molecule has 0 saturated carbocycles. The van der Waals surface area contributed by atoms with Gasteiger partial charge in [-0.25, -0.2) is 0 Å². The summed E-state index contributed by atoms with van der Waals surface area (Å²) in [6.45, 7) is 9.38. The summed E-state index contributed by atoms with van der Waals surface area (Å²) in [6, 6.07) is 0.431. The minimum absolute atomic E-state index is 0.332. The molecule has 0 radical (unpaired) electrons. The fourth-order valence-electron chi connectivity index (χ4n) is 2.27. The van der Waals surface area contributed by atoms with Crippen molar-refractivity contribution in [3.05, 3.63) is 0 Å². The molecule has 1 rings (SSSR count). The van der Waals surface area contributed by atoms with Crippen LogP contribution in [0.3, 0.4) is 0 Å². The van der Waals surface area contributed by atoms with Crippen LogP contribution in [0.5, 0.6) is 0 Å². The van der Waals surface area contributed by atoms with Gasteiger partial charge in [-0.05, 0) is 31.2 Å². The molecule has 1 heterocycles. The van der Waals surface area contributed by atoms with Crippen molar-refractivity contribution < 1.29 is 5.11 Å². The Morgan fingerprint density at radius 3 is 2.54 bits per heavy atom. The molecule has 13 heavy (non-hydrogen) atoms. The summed E-state index contributed by atoms with van der Waals surface area (Å²) < 4.78 is 0. The Labute approximate surface area is 81.9 Å². The predicted molar refractivity (Wildman–Crippen MR) is 55.7 cm³/mol. The molecule has 1 unspecified atom stereocenters. The van der Waals surface area contributed by atoms with Gasteiger partial charge in [0.2, 0.25) is 0 Å². The maximum absolute atomic E-state index is 9.18. The molecule has 0 aromatic carbocycles. The van der Waals surface area contributed by atoms with Crippen LogP contribution in [0.25, 0.3) is 0 Å². The third-order valence-corrected chi connectivity index (χ3v) is 3.42. The average Bonchev–Trinajstić information content (AvgIpc) is 2.16. The van der Waals surface area contributed by atoms with Crippen LogP contribution in [0.1, 0.15) is 33.6 Å². The molecule has 0 aromatic heterocycles. The molecule has 2 nitrogen and oxygen atoms in total. The standard InChI is InChI=1S/C11H23NO/c1-4-12-7-10(9(2)3)5-6-11(12)8-13/h9-11,13H,4-8H2,1-3H3/t10?,11-/m1/s1. The molecular formula is C11H23NO. The predicted octanol–water partition coefficient (Wildman–Crippen LogP) is 1.74. The van der Waals surface area contributed by atoms with Crippen LogP contribution in [0.4, 0.5) is 0 Å². The van der Waals surface area contributed by atoms with Crippen LogP contribution in [-0.2, 0) is 0 Å². The van der Waals surface area contributed by atoms with Crippen molar-refractivity contribution in [2.24, 2.45) is 11.8 Å². The first-order chi connectivity index (χ1) is 6.19. The SMILES string of the molecule is CCN1CC(C(C)C)CC[C@@H]1CO. The van der Waals surface area contributed by atoms with Crippen molar-refractivity contribution >= 4 is 0 Å². The number of aliphatic hydroxyl groups is 1. The first-order valence-electron chi connectivity index (χ1n) is 5.54. The Bertz CT molecular complexity index is 147. The van der Waals surface area contributed by atoms with Gasteiger partial charge in [0.15, 0.2) is 0 Å². The van der Waals surface area contributed by atoms with E-state index in [9.17, 15) is 5.11 Å². The highest BCUT2D eigenvalue weighted by Crippen LogP contribution is 2.26. The summed E-state index contributed by atoms with van der Waals surface area (Å²) in [6.07, 6.45) is 2.46. The molecule has 1 saturated heterocycles. The molecule has 1 aliphatic rings. The van der Waals surface area contributed by atoms with E-state index in [4.69, 9.17) is 0 Å². The lowest BCUT2D eigenvalue weighted by Gasteiger charge is -2.39. The van der Waals surface area contributed by atoms with E-state index in [0.29, 0.717) is 12.6 Å². The van der Waals surface area contributed by atoms with Gasteiger partial charge in [0.05, 0.1) is 6.61 Å². The number of rotatable bonds is 3. The Balaban J connectivity index is 2.47. The van der Waals surface area contributed by atoms with Gasteiger partial charge in [0, 0.05) is 12.6 Å². The maximum Gasteiger partial charge on any atom is 0.0586 e. The molecular weight excluding hydrogens is 162 g/mol. The van der Waals surface area contributed by atoms with Gasteiger partial charge < -0.3 is 5.11 Å². The summed E-state index contributed by atoms with van der Waals surface area (Å²) in [7, 11) is 0. The smallest absolute Gasteiger partial charge is 0.0586 e. The van der Waals surface area contributed by atoms with E-state index in [2.05, 4.69) is 25.7 Å². The summed E-state index contributed by atoms with van der Waals surface area (Å²) in [5.74, 6) is 1.62. The first-order valence-corrected chi connectivity index (χ1v) is 5.54. The second-order valence-electron chi connectivity index (χ2n) is 4.51. The van der Waals surface area contributed by atoms with Crippen LogP contribution in [0.15, 0.2) is 0 Å². The molecule has 0 bridgehead atoms. The lowest BCUT2D eigenvalue weighted by Crippen LogP contribution is -2.46. The van der Waals surface area contributed by atoms with E-state index in [1.165, 1.54) is 19.4 Å². The molecule has 0 aliphatic carbocycles. The van der Waals surface area contributed by atoms with Crippen molar-refractivity contribution in [1.82, 2.24) is 4.90 Å². The lowest BCUT2D eigenvalue weighted by molar-refractivity contribution is 0.0546. The summed E-state index contributed by atoms with van der Waals surface area (Å²) in [5, 5.41) is 9.18. The monoisotopic (exact) mass is 185 g/mol. The van der Waals surface area contributed by atoms with E-state index in [1.807, 2.05) is 0 Å². The lowest BCUT2D eigenvalue weighted by atomic mass is 9.85. The van der Waals surface area contributed by atoms with Crippen molar-refractivity contribution in [2.75, 3.05) is 19.7 Å². The topological polar surface area (TPSA) is 23.5 Å². The quantitative estimate of drug-likeness (QED) is 0.724. The van der Waals surface area contributed by atoms with E-state index in [-0.39, 0.29) is 0 Å². The van der Waals surface area contributed by atoms with Gasteiger partial charge in [-0.1, -0.05) is 20.8 Å². The van der Waals surface area contributed by atoms with E-state index < -0.39 is 0 Å². The van der Waals surface area contributed by atoms with Crippen LogP contribution in [0.2, 0.25) is 0 Å². The highest BCUT2D eigenvalue weighted by Gasteiger charge is 2.27. The van der Waals surface area contributed by atoms with Gasteiger partial charge in [-0.2, -0.15) is 0 Å². The zero-order chi connectivity index (χ0) is 9.84. The van der Waals surface area contributed by atoms with Crippen LogP contribution >= 0.6 is 0 Å². The van der Waals surface area contributed by atoms with Crippen LogP contribution in [0, 0.1) is 11.8 Å². The van der Waals surface area contributed by atoms with Crippen molar-refractivity contribution in [2.45, 2.75) is 39.7 Å². The van der Waals surface area contributed by atoms with Crippen LogP contribution < -0.4 is 0 Å². The molecule has 0 amide bonds. The van der Waals surface area contributed by atoms with Crippen LogP contribution in [-0.4, -0.2) is 35.7 Å². The number of piperidine rings is 1. The largest absolute Gasteiger partial charge is 0.395 e. The summed E-state index contributed by atoms with van der Waals surface area (Å²) >= 11 is 0. The minimum atomic E-state index is 0.332. The number of likely N-dealkylation sites (tertiary alicyclic amines) is 1. The minimum Gasteiger partial charge on any atom is -0.395 e. The highest BCUT2D eigenvalue weighted by molar-refractivity contribution is 4.81. The molecule has 1 aliphatic heterocycles. The number of hydrogen-bond donors (Lipinski definition) is 1. The first kappa shape index (κ1) is 11.0. The summed E-state index contributed by atoms with van der Waals surface area (Å²) in [4.78, 5) is 2.42. The number of nitrogens with zero attached hydrogens (tertiary/aromatic N) is 1. The Kier molecular flexibility index (Phi) is 4.20. The number of hydrogen-bond acceptors (Lipinski definition) is 2. The Morgan fingerprint density at radius 2 is 2.08 bits per heavy atom. The molecule has 1 N–H and O–H groups in total. The maximum atomic E-state index is 9.18. The zero-order valence-corrected chi connectivity index (χ0v) is 9.16. The Morgan fingerprint density at radius 1 is 1.38 bits per heavy atom. The molecule has 2 heteroatoms. The van der Waals surface area contributed by atoms with Gasteiger partial charge in [-0.3, -0.25) is 4.90 Å². The molecule has 1 fully saturated rings. The van der Waals surface area contributed by atoms with E-state index >= 15 is 0 Å². The van der Waals surface area contributed by atoms with Gasteiger partial charge in [-0.15, -0.1) is 0 Å². The fraction of sp³-hybridized carbons (Fsp3) is 1.00. The molecule has 2 atom stereocenters. The second kappa shape index (κ2) is 4.97. The third-order valence-electron chi connectivity index (χ3n) is 3.42. The van der Waals surface area contributed by atoms with Gasteiger partial charge >= 0.3 is 0 Å². The van der Waals surface area contributed by atoms with Crippen molar-refractivity contribution in [3.63, 3.8) is 0 Å². The average molecular weight is 185 g/mol. The highest BCUT2D eigenvalue weighted by atomic mass is 16.3. The van der Waals surface area contributed by atoms with Crippen molar-refractivity contribution in [3.8, 4) is 0 Å². The number of likely N-dealkylation sites (N-methyl/N-ethyl adjacent to an activating group) is 1. The van der Waals surface area contributed by atoms with Crippen molar-refractivity contribution in [1.29, 1.82) is 0 Å². The Hall–Kier alpha value is -0.0800. The summed E-state index contributed by atoms with van der Waals surface area (Å²) in [5.41, 5.74) is 0. The van der Waals surface area contributed by atoms with E-state index in [0.717, 1.165) is 18.4 Å². The zero-order valence-electron chi connectivity index (χ0n) is 9.16. The number of aliphatic hydroxyl groups excluding tert-OH is 1.